The third-order valence-corrected chi connectivity index (χ3v) is 3.62. The fraction of sp³-hybridized carbons (Fsp3) is 0.133. The second-order valence-corrected chi connectivity index (χ2v) is 5.47. The lowest BCUT2D eigenvalue weighted by Gasteiger charge is -2.13. The third-order valence-electron chi connectivity index (χ3n) is 3.15. The second kappa shape index (κ2) is 5.64. The number of hydrogen-bond donors (Lipinski definition) is 1. The zero-order valence-corrected chi connectivity index (χ0v) is 12.3. The molecule has 1 atom stereocenters. The van der Waals surface area contributed by atoms with Crippen molar-refractivity contribution in [2.75, 3.05) is 0 Å². The van der Waals surface area contributed by atoms with Crippen LogP contribution in [-0.4, -0.2) is 15.0 Å². The highest BCUT2D eigenvalue weighted by Gasteiger charge is 2.12. The highest BCUT2D eigenvalue weighted by Crippen LogP contribution is 2.22. The molecule has 2 N–H and O–H groups in total. The van der Waals surface area contributed by atoms with E-state index >= 15 is 0 Å². The van der Waals surface area contributed by atoms with E-state index in [1.807, 2.05) is 30.3 Å². The molecule has 0 aliphatic heterocycles. The summed E-state index contributed by atoms with van der Waals surface area (Å²) in [5.74, 6) is 0. The van der Waals surface area contributed by atoms with E-state index in [1.54, 1.807) is 18.6 Å². The maximum Gasteiger partial charge on any atom is 0.0934 e. The molecule has 0 radical (unpaired) electrons. The predicted molar refractivity (Wildman–Crippen MR) is 82.1 cm³/mol. The van der Waals surface area contributed by atoms with Crippen molar-refractivity contribution in [1.29, 1.82) is 0 Å². The van der Waals surface area contributed by atoms with Crippen molar-refractivity contribution >= 4 is 27.0 Å². The number of pyridine rings is 1. The number of fused-ring (bicyclic) bond motifs is 1. The number of hydrogen-bond acceptors (Lipinski definition) is 4. The smallest absolute Gasteiger partial charge is 0.0934 e. The van der Waals surface area contributed by atoms with Crippen molar-refractivity contribution in [3.63, 3.8) is 0 Å². The first kappa shape index (κ1) is 13.1. The average Bonchev–Trinajstić information content (AvgIpc) is 2.49. The fourth-order valence-electron chi connectivity index (χ4n) is 2.18. The van der Waals surface area contributed by atoms with Gasteiger partial charge < -0.3 is 5.73 Å². The molecule has 4 nitrogen and oxygen atoms in total. The molecule has 5 heteroatoms. The summed E-state index contributed by atoms with van der Waals surface area (Å²) in [5, 5.41) is 0. The minimum Gasteiger partial charge on any atom is -0.324 e. The molecule has 3 rings (SSSR count). The molecule has 1 aromatic carbocycles. The molecular formula is C15H13BrN4. The molecule has 100 valence electrons. The van der Waals surface area contributed by atoms with Gasteiger partial charge in [-0.15, -0.1) is 0 Å². The Morgan fingerprint density at radius 1 is 1.05 bits per heavy atom. The first-order valence-electron chi connectivity index (χ1n) is 6.29. The molecule has 0 aliphatic rings. The van der Waals surface area contributed by atoms with Crippen LogP contribution < -0.4 is 5.73 Å². The molecule has 0 amide bonds. The van der Waals surface area contributed by atoms with Crippen molar-refractivity contribution in [2.45, 2.75) is 12.5 Å². The van der Waals surface area contributed by atoms with Gasteiger partial charge in [0.2, 0.25) is 0 Å². The van der Waals surface area contributed by atoms with Gasteiger partial charge in [0.1, 0.15) is 0 Å². The Bertz CT molecular complexity index is 722. The van der Waals surface area contributed by atoms with Crippen LogP contribution in [0.2, 0.25) is 0 Å². The van der Waals surface area contributed by atoms with Crippen LogP contribution in [0.3, 0.4) is 0 Å². The molecule has 0 saturated carbocycles. The molecule has 2 heterocycles. The van der Waals surface area contributed by atoms with Crippen LogP contribution in [-0.2, 0) is 6.42 Å². The van der Waals surface area contributed by atoms with E-state index in [2.05, 4.69) is 30.9 Å². The lowest BCUT2D eigenvalue weighted by atomic mass is 10.0. The topological polar surface area (TPSA) is 64.7 Å². The highest BCUT2D eigenvalue weighted by atomic mass is 79.9. The largest absolute Gasteiger partial charge is 0.324 e. The molecular weight excluding hydrogens is 316 g/mol. The Hall–Kier alpha value is -1.85. The summed E-state index contributed by atoms with van der Waals surface area (Å²) in [6.45, 7) is 0. The van der Waals surface area contributed by atoms with Gasteiger partial charge in [0.25, 0.3) is 0 Å². The molecule has 0 bridgehead atoms. The molecule has 1 unspecified atom stereocenters. The van der Waals surface area contributed by atoms with Crippen LogP contribution >= 0.6 is 15.9 Å². The Balaban J connectivity index is 1.92. The van der Waals surface area contributed by atoms with Crippen molar-refractivity contribution in [3.05, 3.63) is 64.7 Å². The SMILES string of the molecule is NC(Cc1ccc(Br)cn1)c1cccc2nccnc12. The van der Waals surface area contributed by atoms with Gasteiger partial charge >= 0.3 is 0 Å². The van der Waals surface area contributed by atoms with Crippen LogP contribution in [0.5, 0.6) is 0 Å². The number of halogens is 1. The standard InChI is InChI=1S/C15H13BrN4/c16-10-4-5-11(20-9-10)8-13(17)12-2-1-3-14-15(12)19-7-6-18-14/h1-7,9,13H,8,17H2. The van der Waals surface area contributed by atoms with Crippen LogP contribution in [0.4, 0.5) is 0 Å². The third kappa shape index (κ3) is 2.69. The van der Waals surface area contributed by atoms with Crippen LogP contribution in [0.1, 0.15) is 17.3 Å². The van der Waals surface area contributed by atoms with Crippen molar-refractivity contribution in [3.8, 4) is 0 Å². The van der Waals surface area contributed by atoms with Gasteiger partial charge in [-0.25, -0.2) is 0 Å². The minimum atomic E-state index is -0.149. The second-order valence-electron chi connectivity index (χ2n) is 4.55. The molecule has 20 heavy (non-hydrogen) atoms. The van der Waals surface area contributed by atoms with Gasteiger partial charge in [-0.05, 0) is 39.7 Å². The van der Waals surface area contributed by atoms with Gasteiger partial charge in [-0.1, -0.05) is 12.1 Å². The minimum absolute atomic E-state index is 0.149. The van der Waals surface area contributed by atoms with Gasteiger partial charge in [0.15, 0.2) is 0 Å². The van der Waals surface area contributed by atoms with Crippen molar-refractivity contribution in [1.82, 2.24) is 15.0 Å². The summed E-state index contributed by atoms with van der Waals surface area (Å²) in [6, 6.07) is 9.70. The van der Waals surface area contributed by atoms with E-state index in [4.69, 9.17) is 5.73 Å². The zero-order chi connectivity index (χ0) is 13.9. The lowest BCUT2D eigenvalue weighted by molar-refractivity contribution is 0.710. The summed E-state index contributed by atoms with van der Waals surface area (Å²) >= 11 is 3.38. The van der Waals surface area contributed by atoms with Crippen LogP contribution in [0, 0.1) is 0 Å². The zero-order valence-electron chi connectivity index (χ0n) is 10.7. The fourth-order valence-corrected chi connectivity index (χ4v) is 2.41. The molecule has 2 aromatic heterocycles. The Kier molecular flexibility index (Phi) is 3.71. The Morgan fingerprint density at radius 3 is 2.70 bits per heavy atom. The number of benzene rings is 1. The van der Waals surface area contributed by atoms with E-state index in [0.29, 0.717) is 6.42 Å². The van der Waals surface area contributed by atoms with E-state index in [-0.39, 0.29) is 6.04 Å². The summed E-state index contributed by atoms with van der Waals surface area (Å²) in [4.78, 5) is 13.1. The summed E-state index contributed by atoms with van der Waals surface area (Å²) in [6.07, 6.45) is 5.83. The van der Waals surface area contributed by atoms with E-state index in [9.17, 15) is 0 Å². The van der Waals surface area contributed by atoms with Crippen LogP contribution in [0.25, 0.3) is 11.0 Å². The first-order chi connectivity index (χ1) is 9.74. The first-order valence-corrected chi connectivity index (χ1v) is 7.09. The van der Waals surface area contributed by atoms with E-state index in [1.165, 1.54) is 0 Å². The quantitative estimate of drug-likeness (QED) is 0.802. The summed E-state index contributed by atoms with van der Waals surface area (Å²) in [7, 11) is 0. The Morgan fingerprint density at radius 2 is 1.90 bits per heavy atom. The molecule has 0 aliphatic carbocycles. The van der Waals surface area contributed by atoms with Gasteiger partial charge in [0, 0.05) is 41.2 Å². The number of nitrogens with two attached hydrogens (primary N) is 1. The molecule has 0 fully saturated rings. The van der Waals surface area contributed by atoms with Gasteiger partial charge in [-0.2, -0.15) is 0 Å². The van der Waals surface area contributed by atoms with E-state index in [0.717, 1.165) is 26.8 Å². The summed E-state index contributed by atoms with van der Waals surface area (Å²) < 4.78 is 0.964. The molecule has 0 saturated heterocycles. The maximum absolute atomic E-state index is 6.31. The maximum atomic E-state index is 6.31. The average molecular weight is 329 g/mol. The Labute approximate surface area is 125 Å². The number of para-hydroxylation sites is 1. The predicted octanol–water partition coefficient (Wildman–Crippen LogP) is 3.03. The number of nitrogens with zero attached hydrogens (tertiary/aromatic N) is 3. The van der Waals surface area contributed by atoms with Crippen molar-refractivity contribution < 1.29 is 0 Å². The highest BCUT2D eigenvalue weighted by molar-refractivity contribution is 9.10. The molecule has 0 spiro atoms. The lowest BCUT2D eigenvalue weighted by Crippen LogP contribution is -2.15. The van der Waals surface area contributed by atoms with Crippen LogP contribution in [0.15, 0.2) is 53.4 Å². The van der Waals surface area contributed by atoms with Gasteiger partial charge in [-0.3, -0.25) is 15.0 Å². The molecule has 3 aromatic rings. The normalized spacial score (nSPS) is 12.5. The number of aromatic nitrogens is 3. The van der Waals surface area contributed by atoms with Crippen molar-refractivity contribution in [2.24, 2.45) is 5.73 Å². The number of rotatable bonds is 3. The summed E-state index contributed by atoms with van der Waals surface area (Å²) in [5.41, 5.74) is 10.00. The monoisotopic (exact) mass is 328 g/mol. The van der Waals surface area contributed by atoms with E-state index < -0.39 is 0 Å². The van der Waals surface area contributed by atoms with Gasteiger partial charge in [0.05, 0.1) is 11.0 Å².